The molecule has 0 atom stereocenters. The van der Waals surface area contributed by atoms with Gasteiger partial charge in [-0.05, 0) is 27.2 Å². The number of amides is 1. The van der Waals surface area contributed by atoms with Gasteiger partial charge >= 0.3 is 6.09 Å². The van der Waals surface area contributed by atoms with Crippen molar-refractivity contribution in [1.82, 2.24) is 5.32 Å². The largest absolute Gasteiger partial charge is 0.444 e. The molecule has 0 aromatic heterocycles. The fraction of sp³-hybridized carbons (Fsp3) is 0.947. The second-order valence-electron chi connectivity index (χ2n) is 6.94. The van der Waals surface area contributed by atoms with Gasteiger partial charge in [-0.3, -0.25) is 0 Å². The molecule has 0 aliphatic rings. The molecule has 0 saturated carbocycles. The van der Waals surface area contributed by atoms with Crippen molar-refractivity contribution in [2.45, 2.75) is 59.0 Å². The van der Waals surface area contributed by atoms with Crippen LogP contribution in [0, 0.1) is 0 Å². The van der Waals surface area contributed by atoms with Crippen LogP contribution in [0.5, 0.6) is 0 Å². The molecule has 1 amide bonds. The summed E-state index contributed by atoms with van der Waals surface area (Å²) in [6, 6.07) is 0. The molecule has 156 valence electrons. The second kappa shape index (κ2) is 17.5. The lowest BCUT2D eigenvalue weighted by Gasteiger charge is -2.19. The molecule has 7 nitrogen and oxygen atoms in total. The van der Waals surface area contributed by atoms with Crippen molar-refractivity contribution in [2.75, 3.05) is 59.4 Å². The molecular weight excluding hydrogens is 338 g/mol. The summed E-state index contributed by atoms with van der Waals surface area (Å²) in [5.74, 6) is 0. The second-order valence-corrected chi connectivity index (χ2v) is 6.94. The average molecular weight is 378 g/mol. The van der Waals surface area contributed by atoms with Crippen molar-refractivity contribution in [3.05, 3.63) is 0 Å². The molecule has 0 fully saturated rings. The van der Waals surface area contributed by atoms with E-state index in [1.54, 1.807) is 0 Å². The molecule has 0 unspecified atom stereocenters. The summed E-state index contributed by atoms with van der Waals surface area (Å²) < 4.78 is 26.8. The molecule has 0 aliphatic carbocycles. The van der Waals surface area contributed by atoms with E-state index in [-0.39, 0.29) is 0 Å². The topological polar surface area (TPSA) is 75.3 Å². The Morgan fingerprint density at radius 1 is 0.731 bits per heavy atom. The van der Waals surface area contributed by atoms with Gasteiger partial charge in [-0.15, -0.1) is 0 Å². The molecule has 0 bridgehead atoms. The Kier molecular flexibility index (Phi) is 16.9. The van der Waals surface area contributed by atoms with Gasteiger partial charge in [0.05, 0.1) is 46.2 Å². The maximum atomic E-state index is 11.4. The Morgan fingerprint density at radius 3 is 1.73 bits per heavy atom. The standard InChI is InChI=1S/C19H39NO6/c1-5-6-7-8-10-22-12-14-24-16-17-25-15-13-23-11-9-20-18(21)26-19(2,3)4/h5-17H2,1-4H3,(H,20,21). The molecule has 1 N–H and O–H groups in total. The number of ether oxygens (including phenoxy) is 5. The lowest BCUT2D eigenvalue weighted by atomic mass is 10.2. The van der Waals surface area contributed by atoms with Gasteiger partial charge in [-0.1, -0.05) is 26.2 Å². The Balaban J connectivity index is 3.12. The van der Waals surface area contributed by atoms with Gasteiger partial charge in [0.15, 0.2) is 0 Å². The molecule has 0 spiro atoms. The number of alkyl carbamates (subject to hydrolysis) is 1. The predicted molar refractivity (Wildman–Crippen MR) is 102 cm³/mol. The van der Waals surface area contributed by atoms with Crippen LogP contribution in [0.1, 0.15) is 53.4 Å². The summed E-state index contributed by atoms with van der Waals surface area (Å²) >= 11 is 0. The number of rotatable bonds is 17. The third kappa shape index (κ3) is 21.2. The summed E-state index contributed by atoms with van der Waals surface area (Å²) in [6.07, 6.45) is 4.46. The van der Waals surface area contributed by atoms with E-state index >= 15 is 0 Å². The number of carbonyl (C=O) groups is 1. The van der Waals surface area contributed by atoms with Gasteiger partial charge in [0.25, 0.3) is 0 Å². The lowest BCUT2D eigenvalue weighted by molar-refractivity contribution is -0.00214. The minimum atomic E-state index is -0.485. The van der Waals surface area contributed by atoms with Crippen LogP contribution in [0.4, 0.5) is 4.79 Å². The van der Waals surface area contributed by atoms with Crippen LogP contribution in [-0.4, -0.2) is 71.1 Å². The zero-order valence-corrected chi connectivity index (χ0v) is 17.1. The van der Waals surface area contributed by atoms with Gasteiger partial charge in [0, 0.05) is 13.2 Å². The minimum absolute atomic E-state index is 0.413. The fourth-order valence-electron chi connectivity index (χ4n) is 1.93. The van der Waals surface area contributed by atoms with Crippen LogP contribution < -0.4 is 5.32 Å². The Labute approximate surface area is 159 Å². The van der Waals surface area contributed by atoms with Crippen molar-refractivity contribution in [1.29, 1.82) is 0 Å². The van der Waals surface area contributed by atoms with E-state index in [0.29, 0.717) is 52.8 Å². The molecule has 7 heteroatoms. The molecule has 0 rings (SSSR count). The zero-order chi connectivity index (χ0) is 19.5. The van der Waals surface area contributed by atoms with Crippen LogP contribution in [-0.2, 0) is 23.7 Å². The number of unbranched alkanes of at least 4 members (excludes halogenated alkanes) is 3. The Morgan fingerprint density at radius 2 is 1.23 bits per heavy atom. The average Bonchev–Trinajstić information content (AvgIpc) is 2.56. The van der Waals surface area contributed by atoms with E-state index in [1.165, 1.54) is 19.3 Å². The molecule has 0 saturated heterocycles. The monoisotopic (exact) mass is 377 g/mol. The van der Waals surface area contributed by atoms with Gasteiger partial charge in [0.1, 0.15) is 5.60 Å². The van der Waals surface area contributed by atoms with E-state index in [1.807, 2.05) is 20.8 Å². The summed E-state index contributed by atoms with van der Waals surface area (Å²) in [5, 5.41) is 2.63. The number of hydrogen-bond acceptors (Lipinski definition) is 6. The first-order chi connectivity index (χ1) is 12.5. The zero-order valence-electron chi connectivity index (χ0n) is 17.1. The minimum Gasteiger partial charge on any atom is -0.444 e. The van der Waals surface area contributed by atoms with Crippen LogP contribution in [0.25, 0.3) is 0 Å². The van der Waals surface area contributed by atoms with Gasteiger partial charge in [0.2, 0.25) is 0 Å². The van der Waals surface area contributed by atoms with Crippen LogP contribution >= 0.6 is 0 Å². The third-order valence-corrected chi connectivity index (χ3v) is 3.17. The third-order valence-electron chi connectivity index (χ3n) is 3.17. The predicted octanol–water partition coefficient (Wildman–Crippen LogP) is 3.16. The molecule has 26 heavy (non-hydrogen) atoms. The lowest BCUT2D eigenvalue weighted by Crippen LogP contribution is -2.34. The maximum Gasteiger partial charge on any atom is 0.407 e. The van der Waals surface area contributed by atoms with Crippen molar-refractivity contribution in [3.63, 3.8) is 0 Å². The maximum absolute atomic E-state index is 11.4. The molecule has 0 aromatic carbocycles. The highest BCUT2D eigenvalue weighted by Gasteiger charge is 2.15. The van der Waals surface area contributed by atoms with Gasteiger partial charge in [-0.2, -0.15) is 0 Å². The van der Waals surface area contributed by atoms with E-state index in [2.05, 4.69) is 12.2 Å². The SMILES string of the molecule is CCCCCCOCCOCCOCCOCCNC(=O)OC(C)(C)C. The van der Waals surface area contributed by atoms with Crippen LogP contribution in [0.3, 0.4) is 0 Å². The number of hydrogen-bond donors (Lipinski definition) is 1. The molecule has 0 heterocycles. The highest BCUT2D eigenvalue weighted by molar-refractivity contribution is 5.67. The van der Waals surface area contributed by atoms with E-state index < -0.39 is 11.7 Å². The summed E-state index contributed by atoms with van der Waals surface area (Å²) in [5.41, 5.74) is -0.485. The summed E-state index contributed by atoms with van der Waals surface area (Å²) in [7, 11) is 0. The van der Waals surface area contributed by atoms with Gasteiger partial charge < -0.3 is 29.0 Å². The number of carbonyl (C=O) groups excluding carboxylic acids is 1. The smallest absolute Gasteiger partial charge is 0.407 e. The Hall–Kier alpha value is -0.890. The normalized spacial score (nSPS) is 11.5. The summed E-state index contributed by atoms with van der Waals surface area (Å²) in [4.78, 5) is 11.4. The van der Waals surface area contributed by atoms with Crippen molar-refractivity contribution in [2.24, 2.45) is 0 Å². The quantitative estimate of drug-likeness (QED) is 0.393. The van der Waals surface area contributed by atoms with Crippen molar-refractivity contribution < 1.29 is 28.5 Å². The number of nitrogens with one attached hydrogen (secondary N) is 1. The first-order valence-electron chi connectivity index (χ1n) is 9.73. The molecule has 0 aromatic rings. The first kappa shape index (κ1) is 25.1. The molecule has 0 aliphatic heterocycles. The van der Waals surface area contributed by atoms with Crippen LogP contribution in [0.15, 0.2) is 0 Å². The van der Waals surface area contributed by atoms with E-state index in [4.69, 9.17) is 23.7 Å². The molecular formula is C19H39NO6. The van der Waals surface area contributed by atoms with Gasteiger partial charge in [-0.25, -0.2) is 4.79 Å². The molecule has 0 radical (unpaired) electrons. The first-order valence-corrected chi connectivity index (χ1v) is 9.73. The van der Waals surface area contributed by atoms with Crippen molar-refractivity contribution in [3.8, 4) is 0 Å². The fourth-order valence-corrected chi connectivity index (χ4v) is 1.93. The van der Waals surface area contributed by atoms with E-state index in [9.17, 15) is 4.79 Å². The highest BCUT2D eigenvalue weighted by atomic mass is 16.6. The van der Waals surface area contributed by atoms with Crippen LogP contribution in [0.2, 0.25) is 0 Å². The van der Waals surface area contributed by atoms with Crippen molar-refractivity contribution >= 4 is 6.09 Å². The highest BCUT2D eigenvalue weighted by Crippen LogP contribution is 2.06. The summed E-state index contributed by atoms with van der Waals surface area (Å²) in [6.45, 7) is 12.7. The van der Waals surface area contributed by atoms with E-state index in [0.717, 1.165) is 13.0 Å². The Bertz CT molecular complexity index is 320.